The second kappa shape index (κ2) is 8.90. The van der Waals surface area contributed by atoms with E-state index in [0.29, 0.717) is 6.54 Å². The Labute approximate surface area is 133 Å². The van der Waals surface area contributed by atoms with E-state index in [0.717, 1.165) is 43.8 Å². The minimum absolute atomic E-state index is 0. The van der Waals surface area contributed by atoms with Crippen LogP contribution in [0.3, 0.4) is 0 Å². The van der Waals surface area contributed by atoms with E-state index in [1.165, 1.54) is 0 Å². The Balaban J connectivity index is 0.00000220. The van der Waals surface area contributed by atoms with Gasteiger partial charge in [-0.25, -0.2) is 0 Å². The molecule has 0 spiro atoms. The molecule has 1 amide bonds. The van der Waals surface area contributed by atoms with Crippen molar-refractivity contribution in [2.24, 2.45) is 5.92 Å². The highest BCUT2D eigenvalue weighted by Gasteiger charge is 2.25. The monoisotopic (exact) mass is 312 g/mol. The van der Waals surface area contributed by atoms with Crippen LogP contribution in [0, 0.1) is 5.92 Å². The van der Waals surface area contributed by atoms with Gasteiger partial charge in [-0.15, -0.1) is 12.4 Å². The van der Waals surface area contributed by atoms with Crippen LogP contribution in [-0.4, -0.2) is 37.6 Å². The highest BCUT2D eigenvalue weighted by molar-refractivity contribution is 5.85. The minimum atomic E-state index is 0. The molecule has 1 unspecified atom stereocenters. The van der Waals surface area contributed by atoms with E-state index in [9.17, 15) is 4.79 Å². The van der Waals surface area contributed by atoms with Gasteiger partial charge in [0.05, 0.1) is 13.0 Å². The lowest BCUT2D eigenvalue weighted by Gasteiger charge is -2.29. The predicted octanol–water partition coefficient (Wildman–Crippen LogP) is 2.47. The third-order valence-electron chi connectivity index (χ3n) is 3.87. The Kier molecular flexibility index (Phi) is 7.54. The highest BCUT2D eigenvalue weighted by Crippen LogP contribution is 2.17. The topological polar surface area (TPSA) is 41.6 Å². The summed E-state index contributed by atoms with van der Waals surface area (Å²) in [5.74, 6) is 1.26. The summed E-state index contributed by atoms with van der Waals surface area (Å²) in [5.41, 5.74) is 1.14. The quantitative estimate of drug-likeness (QED) is 0.908. The summed E-state index contributed by atoms with van der Waals surface area (Å²) in [6.45, 7) is 5.32. The first-order chi connectivity index (χ1) is 9.74. The van der Waals surface area contributed by atoms with Crippen molar-refractivity contribution in [3.8, 4) is 5.75 Å². The van der Waals surface area contributed by atoms with Crippen molar-refractivity contribution >= 4 is 18.3 Å². The van der Waals surface area contributed by atoms with Gasteiger partial charge in [0, 0.05) is 19.6 Å². The van der Waals surface area contributed by atoms with Gasteiger partial charge in [-0.3, -0.25) is 4.79 Å². The van der Waals surface area contributed by atoms with Crippen LogP contribution in [0.4, 0.5) is 0 Å². The van der Waals surface area contributed by atoms with Gasteiger partial charge in [-0.2, -0.15) is 0 Å². The summed E-state index contributed by atoms with van der Waals surface area (Å²) in [7, 11) is 1.66. The first-order valence-electron chi connectivity index (χ1n) is 7.37. The SMILES string of the molecule is CCN(Cc1ccc(OC)cc1)C(=O)C1CCCNC1.Cl. The van der Waals surface area contributed by atoms with E-state index in [1.54, 1.807) is 7.11 Å². The fourth-order valence-electron chi connectivity index (χ4n) is 2.62. The van der Waals surface area contributed by atoms with Crippen molar-refractivity contribution in [3.05, 3.63) is 29.8 Å². The van der Waals surface area contributed by atoms with Gasteiger partial charge in [0.15, 0.2) is 0 Å². The van der Waals surface area contributed by atoms with Crippen molar-refractivity contribution in [1.82, 2.24) is 10.2 Å². The molecule has 0 aliphatic carbocycles. The van der Waals surface area contributed by atoms with Crippen LogP contribution in [0.15, 0.2) is 24.3 Å². The molecule has 1 heterocycles. The van der Waals surface area contributed by atoms with E-state index >= 15 is 0 Å². The van der Waals surface area contributed by atoms with Crippen LogP contribution in [0.25, 0.3) is 0 Å². The summed E-state index contributed by atoms with van der Waals surface area (Å²) in [5, 5.41) is 3.31. The van der Waals surface area contributed by atoms with E-state index in [-0.39, 0.29) is 24.2 Å². The Morgan fingerprint density at radius 3 is 2.62 bits per heavy atom. The number of hydrogen-bond donors (Lipinski definition) is 1. The largest absolute Gasteiger partial charge is 0.497 e. The number of ether oxygens (including phenoxy) is 1. The number of hydrogen-bond acceptors (Lipinski definition) is 3. The van der Waals surface area contributed by atoms with E-state index in [4.69, 9.17) is 4.74 Å². The summed E-state index contributed by atoms with van der Waals surface area (Å²) in [4.78, 5) is 14.5. The first kappa shape index (κ1) is 17.8. The van der Waals surface area contributed by atoms with Crippen molar-refractivity contribution < 1.29 is 9.53 Å². The fourth-order valence-corrected chi connectivity index (χ4v) is 2.62. The third-order valence-corrected chi connectivity index (χ3v) is 3.87. The molecule has 0 saturated carbocycles. The average molecular weight is 313 g/mol. The number of halogens is 1. The molecule has 5 heteroatoms. The van der Waals surface area contributed by atoms with Gasteiger partial charge >= 0.3 is 0 Å². The molecule has 1 aromatic rings. The maximum Gasteiger partial charge on any atom is 0.227 e. The van der Waals surface area contributed by atoms with Crippen LogP contribution in [0.5, 0.6) is 5.75 Å². The van der Waals surface area contributed by atoms with Gasteiger partial charge in [0.25, 0.3) is 0 Å². The number of rotatable bonds is 5. The number of carbonyl (C=O) groups excluding carboxylic acids is 1. The van der Waals surface area contributed by atoms with Crippen molar-refractivity contribution in [2.75, 3.05) is 26.7 Å². The van der Waals surface area contributed by atoms with Gasteiger partial charge in [0.1, 0.15) is 5.75 Å². The number of nitrogens with zero attached hydrogens (tertiary/aromatic N) is 1. The molecule has 118 valence electrons. The normalized spacial score (nSPS) is 17.7. The smallest absolute Gasteiger partial charge is 0.227 e. The molecule has 1 fully saturated rings. The molecule has 0 bridgehead atoms. The van der Waals surface area contributed by atoms with E-state index in [1.807, 2.05) is 36.1 Å². The number of piperidine rings is 1. The molecular weight excluding hydrogens is 288 g/mol. The van der Waals surface area contributed by atoms with Crippen molar-refractivity contribution in [2.45, 2.75) is 26.3 Å². The zero-order valence-corrected chi connectivity index (χ0v) is 13.6. The van der Waals surface area contributed by atoms with E-state index in [2.05, 4.69) is 5.32 Å². The number of benzene rings is 1. The number of amides is 1. The number of carbonyl (C=O) groups is 1. The number of methoxy groups -OCH3 is 1. The maximum atomic E-state index is 12.5. The second-order valence-corrected chi connectivity index (χ2v) is 5.24. The molecule has 0 aromatic heterocycles. The lowest BCUT2D eigenvalue weighted by Crippen LogP contribution is -2.42. The summed E-state index contributed by atoms with van der Waals surface area (Å²) in [6, 6.07) is 7.92. The van der Waals surface area contributed by atoms with Gasteiger partial charge < -0.3 is 15.0 Å². The molecule has 21 heavy (non-hydrogen) atoms. The predicted molar refractivity (Wildman–Crippen MR) is 86.9 cm³/mol. The average Bonchev–Trinajstić information content (AvgIpc) is 2.53. The van der Waals surface area contributed by atoms with Crippen LogP contribution < -0.4 is 10.1 Å². The number of nitrogens with one attached hydrogen (secondary N) is 1. The summed E-state index contributed by atoms with van der Waals surface area (Å²) >= 11 is 0. The van der Waals surface area contributed by atoms with Crippen LogP contribution in [-0.2, 0) is 11.3 Å². The molecule has 2 rings (SSSR count). The molecule has 4 nitrogen and oxygen atoms in total. The van der Waals surface area contributed by atoms with E-state index < -0.39 is 0 Å². The molecule has 1 aromatic carbocycles. The standard InChI is InChI=1S/C16H24N2O2.ClH/c1-3-18(16(19)14-5-4-10-17-11-14)12-13-6-8-15(20-2)9-7-13;/h6-9,14,17H,3-5,10-12H2,1-2H3;1H. The van der Waals surface area contributed by atoms with Crippen molar-refractivity contribution in [3.63, 3.8) is 0 Å². The molecular formula is C16H25ClN2O2. The van der Waals surface area contributed by atoms with Crippen molar-refractivity contribution in [1.29, 1.82) is 0 Å². The zero-order chi connectivity index (χ0) is 14.4. The van der Waals surface area contributed by atoms with Gasteiger partial charge in [0.2, 0.25) is 5.91 Å². The zero-order valence-electron chi connectivity index (χ0n) is 12.8. The molecule has 1 aliphatic rings. The van der Waals surface area contributed by atoms with Crippen LogP contribution >= 0.6 is 12.4 Å². The molecule has 0 radical (unpaired) electrons. The van der Waals surface area contributed by atoms with Crippen LogP contribution in [0.2, 0.25) is 0 Å². The summed E-state index contributed by atoms with van der Waals surface area (Å²) < 4.78 is 5.15. The second-order valence-electron chi connectivity index (χ2n) is 5.24. The highest BCUT2D eigenvalue weighted by atomic mass is 35.5. The van der Waals surface area contributed by atoms with Gasteiger partial charge in [-0.1, -0.05) is 12.1 Å². The lowest BCUT2D eigenvalue weighted by atomic mass is 9.98. The Morgan fingerprint density at radius 2 is 2.10 bits per heavy atom. The molecule has 1 saturated heterocycles. The third kappa shape index (κ3) is 4.90. The Hall–Kier alpha value is -1.26. The summed E-state index contributed by atoms with van der Waals surface area (Å²) in [6.07, 6.45) is 2.10. The molecule has 1 aliphatic heterocycles. The minimum Gasteiger partial charge on any atom is -0.497 e. The molecule has 1 atom stereocenters. The van der Waals surface area contributed by atoms with Gasteiger partial charge in [-0.05, 0) is 44.0 Å². The molecule has 1 N–H and O–H groups in total. The lowest BCUT2D eigenvalue weighted by molar-refractivity contribution is -0.136. The Bertz CT molecular complexity index is 430. The fraction of sp³-hybridized carbons (Fsp3) is 0.562. The van der Waals surface area contributed by atoms with Crippen LogP contribution in [0.1, 0.15) is 25.3 Å². The maximum absolute atomic E-state index is 12.5. The Morgan fingerprint density at radius 1 is 1.38 bits per heavy atom. The first-order valence-corrected chi connectivity index (χ1v) is 7.37.